The summed E-state index contributed by atoms with van der Waals surface area (Å²) in [7, 11) is 1.64. The summed E-state index contributed by atoms with van der Waals surface area (Å²) in [5.74, 6) is 1.23. The SMILES string of the molecule is COc1cccc(CNCc2ccc(F)cc2)c1OCc1ccccc1C. The molecule has 0 amide bonds. The maximum absolute atomic E-state index is 13.0. The van der Waals surface area contributed by atoms with Crippen LogP contribution in [0, 0.1) is 12.7 Å². The molecule has 0 saturated heterocycles. The average molecular weight is 365 g/mol. The summed E-state index contributed by atoms with van der Waals surface area (Å²) in [4.78, 5) is 0. The van der Waals surface area contributed by atoms with Crippen LogP contribution >= 0.6 is 0 Å². The molecule has 0 aromatic heterocycles. The highest BCUT2D eigenvalue weighted by Crippen LogP contribution is 2.32. The second-order valence-electron chi connectivity index (χ2n) is 6.39. The largest absolute Gasteiger partial charge is 0.493 e. The molecule has 0 aliphatic carbocycles. The third-order valence-corrected chi connectivity index (χ3v) is 4.47. The van der Waals surface area contributed by atoms with Crippen molar-refractivity contribution >= 4 is 0 Å². The fourth-order valence-electron chi connectivity index (χ4n) is 2.89. The van der Waals surface area contributed by atoms with Crippen molar-refractivity contribution in [3.8, 4) is 11.5 Å². The Bertz CT molecular complexity index is 878. The highest BCUT2D eigenvalue weighted by Gasteiger charge is 2.11. The Hall–Kier alpha value is -2.85. The summed E-state index contributed by atoms with van der Waals surface area (Å²) in [6.07, 6.45) is 0. The van der Waals surface area contributed by atoms with Crippen LogP contribution in [0.15, 0.2) is 66.7 Å². The molecule has 0 heterocycles. The molecular weight excluding hydrogens is 341 g/mol. The quantitative estimate of drug-likeness (QED) is 0.609. The van der Waals surface area contributed by atoms with E-state index in [1.54, 1.807) is 19.2 Å². The van der Waals surface area contributed by atoms with E-state index >= 15 is 0 Å². The first kappa shape index (κ1) is 18.9. The number of methoxy groups -OCH3 is 1. The van der Waals surface area contributed by atoms with Crippen LogP contribution in [0.1, 0.15) is 22.3 Å². The van der Waals surface area contributed by atoms with Gasteiger partial charge in [-0.3, -0.25) is 0 Å². The van der Waals surface area contributed by atoms with Crippen molar-refractivity contribution in [2.45, 2.75) is 26.6 Å². The predicted molar refractivity (Wildman–Crippen MR) is 105 cm³/mol. The van der Waals surface area contributed by atoms with Gasteiger partial charge in [-0.05, 0) is 41.8 Å². The molecule has 0 bridgehead atoms. The molecule has 0 spiro atoms. The highest BCUT2D eigenvalue weighted by atomic mass is 19.1. The first-order chi connectivity index (χ1) is 13.2. The van der Waals surface area contributed by atoms with Crippen LogP contribution in [0.3, 0.4) is 0 Å². The molecule has 0 radical (unpaired) electrons. The Balaban J connectivity index is 1.69. The number of halogens is 1. The Kier molecular flexibility index (Phi) is 6.44. The van der Waals surface area contributed by atoms with Crippen LogP contribution in [0.5, 0.6) is 11.5 Å². The van der Waals surface area contributed by atoms with Gasteiger partial charge in [-0.1, -0.05) is 48.5 Å². The van der Waals surface area contributed by atoms with Gasteiger partial charge in [-0.25, -0.2) is 4.39 Å². The third-order valence-electron chi connectivity index (χ3n) is 4.47. The molecule has 27 heavy (non-hydrogen) atoms. The van der Waals surface area contributed by atoms with Gasteiger partial charge in [0.1, 0.15) is 12.4 Å². The Morgan fingerprint density at radius 1 is 0.852 bits per heavy atom. The standard InChI is InChI=1S/C23H24FNO2/c1-17-6-3-4-7-20(17)16-27-23-19(8-5-9-22(23)26-2)15-25-14-18-10-12-21(24)13-11-18/h3-13,25H,14-16H2,1-2H3. The van der Waals surface area contributed by atoms with E-state index in [0.717, 1.165) is 22.4 Å². The third kappa shape index (κ3) is 5.08. The number of rotatable bonds is 8. The van der Waals surface area contributed by atoms with Crippen LogP contribution in [-0.2, 0) is 19.7 Å². The average Bonchev–Trinajstić information content (AvgIpc) is 2.69. The summed E-state index contributed by atoms with van der Waals surface area (Å²) in [5, 5.41) is 3.38. The Morgan fingerprint density at radius 2 is 1.59 bits per heavy atom. The van der Waals surface area contributed by atoms with Gasteiger partial charge in [-0.15, -0.1) is 0 Å². The normalized spacial score (nSPS) is 10.6. The maximum Gasteiger partial charge on any atom is 0.166 e. The molecule has 0 fully saturated rings. The minimum absolute atomic E-state index is 0.224. The summed E-state index contributed by atoms with van der Waals surface area (Å²) in [6, 6.07) is 20.6. The number of para-hydroxylation sites is 1. The number of aryl methyl sites for hydroxylation is 1. The predicted octanol–water partition coefficient (Wildman–Crippen LogP) is 5.01. The molecule has 0 saturated carbocycles. The fraction of sp³-hybridized carbons (Fsp3) is 0.217. The zero-order valence-corrected chi connectivity index (χ0v) is 15.7. The molecule has 3 aromatic carbocycles. The summed E-state index contributed by atoms with van der Waals surface area (Å²) in [5.41, 5.74) is 4.39. The van der Waals surface area contributed by atoms with Gasteiger partial charge in [0.2, 0.25) is 0 Å². The van der Waals surface area contributed by atoms with E-state index in [-0.39, 0.29) is 5.82 Å². The molecule has 0 atom stereocenters. The van der Waals surface area contributed by atoms with Crippen LogP contribution in [-0.4, -0.2) is 7.11 Å². The van der Waals surface area contributed by atoms with Crippen LogP contribution in [0.2, 0.25) is 0 Å². The van der Waals surface area contributed by atoms with Crippen molar-refractivity contribution in [3.63, 3.8) is 0 Å². The molecule has 1 N–H and O–H groups in total. The number of hydrogen-bond donors (Lipinski definition) is 1. The van der Waals surface area contributed by atoms with E-state index in [1.807, 2.05) is 30.3 Å². The first-order valence-electron chi connectivity index (χ1n) is 8.95. The number of benzene rings is 3. The smallest absolute Gasteiger partial charge is 0.166 e. The zero-order chi connectivity index (χ0) is 19.1. The van der Waals surface area contributed by atoms with Crippen molar-refractivity contribution in [3.05, 3.63) is 94.8 Å². The number of hydrogen-bond acceptors (Lipinski definition) is 3. The van der Waals surface area contributed by atoms with E-state index in [0.29, 0.717) is 25.4 Å². The molecule has 0 unspecified atom stereocenters. The monoisotopic (exact) mass is 365 g/mol. The lowest BCUT2D eigenvalue weighted by atomic mass is 10.1. The zero-order valence-electron chi connectivity index (χ0n) is 15.7. The van der Waals surface area contributed by atoms with Crippen LogP contribution in [0.25, 0.3) is 0 Å². The maximum atomic E-state index is 13.0. The minimum atomic E-state index is -0.224. The van der Waals surface area contributed by atoms with Crippen molar-refractivity contribution < 1.29 is 13.9 Å². The van der Waals surface area contributed by atoms with E-state index in [1.165, 1.54) is 17.7 Å². The van der Waals surface area contributed by atoms with Crippen LogP contribution in [0.4, 0.5) is 4.39 Å². The van der Waals surface area contributed by atoms with Gasteiger partial charge >= 0.3 is 0 Å². The fourth-order valence-corrected chi connectivity index (χ4v) is 2.89. The van der Waals surface area contributed by atoms with E-state index in [4.69, 9.17) is 9.47 Å². The molecule has 0 aliphatic rings. The number of ether oxygens (including phenoxy) is 2. The molecule has 3 aromatic rings. The van der Waals surface area contributed by atoms with Crippen LogP contribution < -0.4 is 14.8 Å². The van der Waals surface area contributed by atoms with Gasteiger partial charge in [0, 0.05) is 18.7 Å². The summed E-state index contributed by atoms with van der Waals surface area (Å²) < 4.78 is 24.6. The highest BCUT2D eigenvalue weighted by molar-refractivity contribution is 5.47. The van der Waals surface area contributed by atoms with Gasteiger partial charge in [-0.2, -0.15) is 0 Å². The van der Waals surface area contributed by atoms with Gasteiger partial charge in [0.25, 0.3) is 0 Å². The lowest BCUT2D eigenvalue weighted by Crippen LogP contribution is -2.14. The summed E-state index contributed by atoms with van der Waals surface area (Å²) >= 11 is 0. The van der Waals surface area contributed by atoms with Crippen molar-refractivity contribution in [2.75, 3.05) is 7.11 Å². The van der Waals surface area contributed by atoms with E-state index in [9.17, 15) is 4.39 Å². The molecule has 3 rings (SSSR count). The van der Waals surface area contributed by atoms with Gasteiger partial charge in [0.05, 0.1) is 7.11 Å². The lowest BCUT2D eigenvalue weighted by molar-refractivity contribution is 0.280. The topological polar surface area (TPSA) is 30.5 Å². The second-order valence-corrected chi connectivity index (χ2v) is 6.39. The molecular formula is C23H24FNO2. The molecule has 3 nitrogen and oxygen atoms in total. The lowest BCUT2D eigenvalue weighted by Gasteiger charge is -2.16. The minimum Gasteiger partial charge on any atom is -0.493 e. The molecule has 4 heteroatoms. The van der Waals surface area contributed by atoms with Gasteiger partial charge < -0.3 is 14.8 Å². The molecule has 140 valence electrons. The second kappa shape index (κ2) is 9.19. The molecule has 0 aliphatic heterocycles. The Morgan fingerprint density at radius 3 is 2.33 bits per heavy atom. The van der Waals surface area contributed by atoms with E-state index < -0.39 is 0 Å². The van der Waals surface area contributed by atoms with Crippen molar-refractivity contribution in [1.82, 2.24) is 5.32 Å². The van der Waals surface area contributed by atoms with E-state index in [2.05, 4.69) is 24.4 Å². The van der Waals surface area contributed by atoms with Crippen molar-refractivity contribution in [1.29, 1.82) is 0 Å². The van der Waals surface area contributed by atoms with Gasteiger partial charge in [0.15, 0.2) is 11.5 Å². The number of nitrogens with one attached hydrogen (secondary N) is 1. The van der Waals surface area contributed by atoms with Crippen molar-refractivity contribution in [2.24, 2.45) is 0 Å². The first-order valence-corrected chi connectivity index (χ1v) is 8.95. The summed E-state index contributed by atoms with van der Waals surface area (Å²) in [6.45, 7) is 3.83. The Labute approximate surface area is 159 Å².